The molecule has 0 spiro atoms. The van der Waals surface area contributed by atoms with Gasteiger partial charge in [-0.05, 0) is 0 Å². The molecule has 0 unspecified atom stereocenters. The molecule has 0 aliphatic rings. The fourth-order valence-corrected chi connectivity index (χ4v) is 1.21. The van der Waals surface area contributed by atoms with Crippen molar-refractivity contribution in [1.29, 1.82) is 0 Å². The fraction of sp³-hybridized carbons (Fsp3) is 1.00. The van der Waals surface area contributed by atoms with Crippen LogP contribution >= 0.6 is 7.82 Å². The molecule has 4 nitrogen and oxygen atoms in total. The molecular weight excluding hydrogens is 333 g/mol. The zero-order valence-corrected chi connectivity index (χ0v) is 8.75. The van der Waals surface area contributed by atoms with Crippen LogP contribution in [-0.4, -0.2) is 24.6 Å². The summed E-state index contributed by atoms with van der Waals surface area (Å²) in [6.45, 7) is 0. The van der Waals surface area contributed by atoms with Crippen LogP contribution in [-0.2, 0) is 18.5 Å². The quantitative estimate of drug-likeness (QED) is 0.580. The molecule has 0 aliphatic heterocycles. The number of hydrogen-bond acceptors (Lipinski definition) is 3. The Labute approximate surface area is 96.1 Å². The van der Waals surface area contributed by atoms with Crippen molar-refractivity contribution in [1.82, 2.24) is 0 Å². The zero-order chi connectivity index (χ0) is 15.9. The van der Waals surface area contributed by atoms with E-state index in [1.54, 1.807) is 0 Å². The van der Waals surface area contributed by atoms with Gasteiger partial charge in [0.15, 0.2) is 0 Å². The minimum atomic E-state index is -7.32. The lowest BCUT2D eigenvalue weighted by molar-refractivity contribution is -0.386. The van der Waals surface area contributed by atoms with Gasteiger partial charge in [-0.3, -0.25) is 0 Å². The van der Waals surface area contributed by atoms with Crippen LogP contribution in [0.15, 0.2) is 0 Å². The SMILES string of the molecule is [O]P(=O)(OC(F)(F)C(F)(F)F)OC(F)(F)C(F)(F)F. The number of hydrogen-bond donors (Lipinski definition) is 0. The van der Waals surface area contributed by atoms with Crippen molar-refractivity contribution in [3.05, 3.63) is 0 Å². The molecular formula is C4F10O4P. The molecule has 115 valence electrons. The molecule has 19 heavy (non-hydrogen) atoms. The van der Waals surface area contributed by atoms with E-state index in [4.69, 9.17) is 0 Å². The average Bonchev–Trinajstić information content (AvgIpc) is 1.93. The molecule has 0 fully saturated rings. The van der Waals surface area contributed by atoms with Crippen molar-refractivity contribution >= 4 is 7.82 Å². The Morgan fingerprint density at radius 1 is 0.632 bits per heavy atom. The van der Waals surface area contributed by atoms with Crippen LogP contribution < -0.4 is 0 Å². The molecule has 0 aromatic heterocycles. The van der Waals surface area contributed by atoms with Crippen molar-refractivity contribution < 1.29 is 62.4 Å². The van der Waals surface area contributed by atoms with Gasteiger partial charge in [-0.2, -0.15) is 43.9 Å². The van der Waals surface area contributed by atoms with E-state index < -0.39 is 32.4 Å². The second kappa shape index (κ2) is 4.75. The van der Waals surface area contributed by atoms with Gasteiger partial charge in [0.25, 0.3) is 0 Å². The summed E-state index contributed by atoms with van der Waals surface area (Å²) in [5.74, 6) is 0. The Kier molecular flexibility index (Phi) is 4.60. The van der Waals surface area contributed by atoms with Gasteiger partial charge in [-0.25, -0.2) is 13.6 Å². The van der Waals surface area contributed by atoms with Crippen LogP contribution in [0.5, 0.6) is 0 Å². The third-order valence-corrected chi connectivity index (χ3v) is 2.02. The molecule has 0 aromatic carbocycles. The third-order valence-electron chi connectivity index (χ3n) is 1.11. The molecule has 0 aromatic rings. The van der Waals surface area contributed by atoms with Gasteiger partial charge < -0.3 is 0 Å². The summed E-state index contributed by atoms with van der Waals surface area (Å²) in [5.41, 5.74) is 0. The first-order chi connectivity index (χ1) is 7.91. The van der Waals surface area contributed by atoms with E-state index in [-0.39, 0.29) is 0 Å². The molecule has 0 amide bonds. The Morgan fingerprint density at radius 2 is 0.842 bits per heavy atom. The number of halogens is 10. The van der Waals surface area contributed by atoms with E-state index in [1.165, 1.54) is 0 Å². The molecule has 0 heterocycles. The van der Waals surface area contributed by atoms with Gasteiger partial charge in [-0.15, -0.1) is 4.89 Å². The molecule has 0 aliphatic carbocycles. The second-order valence-electron chi connectivity index (χ2n) is 2.66. The standard InChI is InChI=1S/C4F10O4P/c5-1(6,7)3(11,12)17-19(15,16)18-4(13,14)2(8,9)10. The highest BCUT2D eigenvalue weighted by molar-refractivity contribution is 7.47. The van der Waals surface area contributed by atoms with E-state index in [0.717, 1.165) is 0 Å². The van der Waals surface area contributed by atoms with E-state index in [2.05, 4.69) is 0 Å². The summed E-state index contributed by atoms with van der Waals surface area (Å²) in [5, 5.41) is 0. The van der Waals surface area contributed by atoms with Crippen LogP contribution in [0.25, 0.3) is 0 Å². The minimum Gasteiger partial charge on any atom is -0.225 e. The zero-order valence-electron chi connectivity index (χ0n) is 7.86. The van der Waals surface area contributed by atoms with Crippen LogP contribution in [0, 0.1) is 0 Å². The molecule has 0 saturated carbocycles. The predicted molar refractivity (Wildman–Crippen MR) is 32.5 cm³/mol. The highest BCUT2D eigenvalue weighted by Crippen LogP contribution is 2.58. The number of alkyl halides is 10. The minimum absolute atomic E-state index is 1.86. The Morgan fingerprint density at radius 3 is 1.00 bits per heavy atom. The Balaban J connectivity index is 5.10. The van der Waals surface area contributed by atoms with Crippen LogP contribution in [0.1, 0.15) is 0 Å². The maximum Gasteiger partial charge on any atom is 0.512 e. The van der Waals surface area contributed by atoms with E-state index in [0.29, 0.717) is 0 Å². The van der Waals surface area contributed by atoms with E-state index in [1.807, 2.05) is 9.05 Å². The van der Waals surface area contributed by atoms with E-state index >= 15 is 0 Å². The van der Waals surface area contributed by atoms with Crippen LogP contribution in [0.4, 0.5) is 43.9 Å². The summed E-state index contributed by atoms with van der Waals surface area (Å²) < 4.78 is 130. The molecule has 0 rings (SSSR count). The van der Waals surface area contributed by atoms with Gasteiger partial charge in [0.05, 0.1) is 0 Å². The van der Waals surface area contributed by atoms with Gasteiger partial charge in [-0.1, -0.05) is 0 Å². The molecule has 0 atom stereocenters. The van der Waals surface area contributed by atoms with Gasteiger partial charge in [0, 0.05) is 0 Å². The molecule has 1 radical (unpaired) electrons. The lowest BCUT2D eigenvalue weighted by Gasteiger charge is -2.24. The topological polar surface area (TPSA) is 55.4 Å². The highest BCUT2D eigenvalue weighted by atomic mass is 31.2. The largest absolute Gasteiger partial charge is 0.512 e. The summed E-state index contributed by atoms with van der Waals surface area (Å²) in [4.78, 5) is 10.2. The van der Waals surface area contributed by atoms with Crippen molar-refractivity contribution in [3.8, 4) is 0 Å². The van der Waals surface area contributed by atoms with Gasteiger partial charge in [0.2, 0.25) is 0 Å². The molecule has 0 N–H and O–H groups in total. The van der Waals surface area contributed by atoms with Gasteiger partial charge >= 0.3 is 32.4 Å². The van der Waals surface area contributed by atoms with Gasteiger partial charge in [0.1, 0.15) is 0 Å². The third kappa shape index (κ3) is 4.78. The highest BCUT2D eigenvalue weighted by Gasteiger charge is 2.68. The smallest absolute Gasteiger partial charge is 0.225 e. The lowest BCUT2D eigenvalue weighted by atomic mass is 10.6. The summed E-state index contributed by atoms with van der Waals surface area (Å²) in [6.07, 6.45) is -26.4. The first kappa shape index (κ1) is 18.4. The Hall–Kier alpha value is -0.590. The normalized spacial score (nSPS) is 15.7. The predicted octanol–water partition coefficient (Wildman–Crippen LogP) is 3.87. The van der Waals surface area contributed by atoms with Crippen molar-refractivity contribution in [2.45, 2.75) is 24.6 Å². The van der Waals surface area contributed by atoms with Crippen molar-refractivity contribution in [2.75, 3.05) is 0 Å². The lowest BCUT2D eigenvalue weighted by Crippen LogP contribution is -2.41. The molecule has 0 saturated heterocycles. The fourth-order valence-electron chi connectivity index (χ4n) is 0.403. The summed E-state index contributed by atoms with van der Waals surface area (Å²) in [6, 6.07) is 0. The maximum absolute atomic E-state index is 12.0. The molecule has 15 heteroatoms. The second-order valence-corrected chi connectivity index (χ2v) is 3.92. The summed E-state index contributed by atoms with van der Waals surface area (Å²) >= 11 is 0. The maximum atomic E-state index is 12.0. The van der Waals surface area contributed by atoms with Crippen LogP contribution in [0.2, 0.25) is 0 Å². The van der Waals surface area contributed by atoms with Crippen molar-refractivity contribution in [2.24, 2.45) is 0 Å². The monoisotopic (exact) mass is 333 g/mol. The van der Waals surface area contributed by atoms with Crippen LogP contribution in [0.3, 0.4) is 0 Å². The first-order valence-electron chi connectivity index (χ1n) is 3.53. The Bertz CT molecular complexity index is 339. The first-order valence-corrected chi connectivity index (χ1v) is 4.99. The average molecular weight is 333 g/mol. The summed E-state index contributed by atoms with van der Waals surface area (Å²) in [7, 11) is -7.32. The number of rotatable bonds is 4. The molecule has 0 bridgehead atoms. The van der Waals surface area contributed by atoms with Crippen molar-refractivity contribution in [3.63, 3.8) is 0 Å². The van der Waals surface area contributed by atoms with E-state index in [9.17, 15) is 53.4 Å².